The Morgan fingerprint density at radius 1 is 1.02 bits per heavy atom. The second kappa shape index (κ2) is 11.5. The van der Waals surface area contributed by atoms with Crippen molar-refractivity contribution in [1.29, 1.82) is 0 Å². The average Bonchev–Trinajstić information content (AvgIpc) is 3.67. The van der Waals surface area contributed by atoms with Crippen LogP contribution >= 0.6 is 0 Å². The lowest BCUT2D eigenvalue weighted by Gasteiger charge is -2.63. The van der Waals surface area contributed by atoms with E-state index in [0.717, 1.165) is 51.4 Å². The molecular formula is C38H62F2N2O6. The first-order valence-corrected chi connectivity index (χ1v) is 19.1. The molecule has 2 heterocycles. The fraction of sp³-hybridized carbons (Fsp3) is 0.974. The second-order valence-electron chi connectivity index (χ2n) is 18.8. The van der Waals surface area contributed by atoms with Crippen LogP contribution < -0.4 is 5.32 Å². The van der Waals surface area contributed by atoms with Gasteiger partial charge in [0.2, 0.25) is 0 Å². The van der Waals surface area contributed by atoms with E-state index >= 15 is 0 Å². The smallest absolute Gasteiger partial charge is 0.407 e. The number of rotatable bonds is 8. The van der Waals surface area contributed by atoms with Crippen LogP contribution in [0.15, 0.2) is 0 Å². The fourth-order valence-corrected chi connectivity index (χ4v) is 13.6. The van der Waals surface area contributed by atoms with E-state index in [1.165, 1.54) is 12.8 Å². The molecule has 12 unspecified atom stereocenters. The Kier molecular flexibility index (Phi) is 8.44. The van der Waals surface area contributed by atoms with Gasteiger partial charge in [-0.25, -0.2) is 13.6 Å². The fourth-order valence-electron chi connectivity index (χ4n) is 13.6. The van der Waals surface area contributed by atoms with Gasteiger partial charge in [0.05, 0.1) is 37.0 Å². The zero-order valence-electron chi connectivity index (χ0n) is 30.5. The molecule has 1 amide bonds. The molecule has 10 heteroatoms. The van der Waals surface area contributed by atoms with Crippen molar-refractivity contribution in [1.82, 2.24) is 10.2 Å². The van der Waals surface area contributed by atoms with Crippen LogP contribution in [-0.2, 0) is 14.2 Å². The van der Waals surface area contributed by atoms with Crippen LogP contribution in [0.4, 0.5) is 13.6 Å². The summed E-state index contributed by atoms with van der Waals surface area (Å²) < 4.78 is 45.5. The Bertz CT molecular complexity index is 1250. The second-order valence-corrected chi connectivity index (χ2v) is 18.8. The van der Waals surface area contributed by atoms with Gasteiger partial charge >= 0.3 is 6.09 Å². The van der Waals surface area contributed by atoms with Gasteiger partial charge < -0.3 is 29.7 Å². The number of hydrogen-bond donors (Lipinski definition) is 3. The Morgan fingerprint density at radius 3 is 2.38 bits per heavy atom. The van der Waals surface area contributed by atoms with Gasteiger partial charge in [0.15, 0.2) is 0 Å². The maximum absolute atomic E-state index is 13.2. The van der Waals surface area contributed by atoms with E-state index < -0.39 is 29.8 Å². The quantitative estimate of drug-likeness (QED) is 0.282. The number of halogens is 2. The molecule has 0 aromatic heterocycles. The highest BCUT2D eigenvalue weighted by Crippen LogP contribution is 2.89. The topological polar surface area (TPSA) is 100 Å². The van der Waals surface area contributed by atoms with Gasteiger partial charge in [-0.3, -0.25) is 4.90 Å². The van der Waals surface area contributed by atoms with Crippen molar-refractivity contribution >= 4 is 6.09 Å². The van der Waals surface area contributed by atoms with Crippen LogP contribution in [0, 0.1) is 44.8 Å². The van der Waals surface area contributed by atoms with E-state index in [4.69, 9.17) is 14.2 Å². The van der Waals surface area contributed by atoms with Crippen molar-refractivity contribution in [2.75, 3.05) is 32.8 Å². The lowest BCUT2D eigenvalue weighted by Crippen LogP contribution is -2.60. The number of fused-ring (bicyclic) bond motifs is 4. The van der Waals surface area contributed by atoms with Crippen LogP contribution in [0.25, 0.3) is 0 Å². The number of aliphatic hydroxyl groups is 2. The van der Waals surface area contributed by atoms with Crippen LogP contribution in [0.3, 0.4) is 0 Å². The predicted octanol–water partition coefficient (Wildman–Crippen LogP) is 6.17. The van der Waals surface area contributed by atoms with E-state index in [0.29, 0.717) is 31.5 Å². The summed E-state index contributed by atoms with van der Waals surface area (Å²) in [4.78, 5) is 14.5. The first-order valence-electron chi connectivity index (χ1n) is 19.1. The van der Waals surface area contributed by atoms with Crippen molar-refractivity contribution < 1.29 is 38.0 Å². The summed E-state index contributed by atoms with van der Waals surface area (Å²) in [5.74, 6) is -1.49. The molecule has 2 aliphatic heterocycles. The molecule has 5 saturated carbocycles. The third-order valence-electron chi connectivity index (χ3n) is 15.9. The summed E-state index contributed by atoms with van der Waals surface area (Å²) in [7, 11) is 0. The van der Waals surface area contributed by atoms with E-state index in [-0.39, 0.29) is 64.4 Å². The van der Waals surface area contributed by atoms with Crippen molar-refractivity contribution in [3.63, 3.8) is 0 Å². The largest absolute Gasteiger partial charge is 0.446 e. The van der Waals surface area contributed by atoms with Crippen molar-refractivity contribution in [3.05, 3.63) is 0 Å². The molecule has 3 N–H and O–H groups in total. The molecule has 2 saturated heterocycles. The number of alkyl carbamates (subject to hydrolysis) is 1. The molecule has 5 aliphatic carbocycles. The maximum atomic E-state index is 13.2. The zero-order chi connectivity index (χ0) is 34.7. The number of likely N-dealkylation sites (tertiary alicyclic amines) is 1. The molecule has 7 fully saturated rings. The Balaban J connectivity index is 1.06. The van der Waals surface area contributed by atoms with Gasteiger partial charge in [0, 0.05) is 30.5 Å². The van der Waals surface area contributed by atoms with Gasteiger partial charge in [-0.2, -0.15) is 0 Å². The lowest BCUT2D eigenvalue weighted by molar-refractivity contribution is -0.197. The zero-order valence-corrected chi connectivity index (χ0v) is 30.5. The standard InChI is InChI=1S/C38H62F2N2O6/c1-8-46-30(33(4,5)45)24-11-9-10-23-28(47-24)29(43)35(7)26-13-12-25-32(2,3)27(48-31(44)41-18-19-42-21-38(39,40)22-42)14-15-36(25)20-37(26,36)17-16-34(23,35)6/h23-30,43,45H,8-22H2,1-7H3,(H,41,44). The van der Waals surface area contributed by atoms with Crippen molar-refractivity contribution in [3.8, 4) is 0 Å². The Hall–Kier alpha value is -1.07. The minimum absolute atomic E-state index is 0.0335. The van der Waals surface area contributed by atoms with E-state index in [1.807, 2.05) is 6.92 Å². The number of amides is 1. The molecule has 7 aliphatic rings. The highest BCUT2D eigenvalue weighted by Gasteiger charge is 2.84. The normalized spacial score (nSPS) is 47.9. The molecule has 48 heavy (non-hydrogen) atoms. The SMILES string of the molecule is CCOC(C1CCCC2C(O1)C(O)C1(C)C3CCC4C(C)(C)C(OC(=O)NCCN5CC(F)(F)C5)CCC45CC35CCC21C)C(C)(C)O. The molecule has 0 bridgehead atoms. The number of hydrogen-bond acceptors (Lipinski definition) is 7. The third-order valence-corrected chi connectivity index (χ3v) is 15.9. The number of carbonyl (C=O) groups excluding carboxylic acids is 1. The number of nitrogens with zero attached hydrogens (tertiary/aromatic N) is 1. The molecule has 0 aromatic carbocycles. The van der Waals surface area contributed by atoms with Gasteiger partial charge in [0.25, 0.3) is 5.92 Å². The molecule has 0 aromatic rings. The summed E-state index contributed by atoms with van der Waals surface area (Å²) >= 11 is 0. The van der Waals surface area contributed by atoms with Crippen LogP contribution in [0.5, 0.6) is 0 Å². The van der Waals surface area contributed by atoms with E-state index in [2.05, 4.69) is 33.0 Å². The maximum Gasteiger partial charge on any atom is 0.407 e. The predicted molar refractivity (Wildman–Crippen MR) is 178 cm³/mol. The van der Waals surface area contributed by atoms with Crippen molar-refractivity contribution in [2.24, 2.45) is 44.8 Å². The lowest BCUT2D eigenvalue weighted by atomic mass is 9.41. The van der Waals surface area contributed by atoms with Gasteiger partial charge in [-0.1, -0.05) is 34.1 Å². The summed E-state index contributed by atoms with van der Waals surface area (Å²) in [6.45, 7) is 15.7. The van der Waals surface area contributed by atoms with Gasteiger partial charge in [0.1, 0.15) is 12.2 Å². The minimum atomic E-state index is -2.61. The highest BCUT2D eigenvalue weighted by atomic mass is 19.3. The van der Waals surface area contributed by atoms with Gasteiger partial charge in [-0.05, 0) is 113 Å². The molecule has 12 atom stereocenters. The molecule has 7 rings (SSSR count). The Labute approximate surface area is 286 Å². The first-order chi connectivity index (χ1) is 22.4. The molecule has 0 radical (unpaired) electrons. The monoisotopic (exact) mass is 680 g/mol. The number of nitrogens with one attached hydrogen (secondary N) is 1. The highest BCUT2D eigenvalue weighted by molar-refractivity contribution is 5.67. The third kappa shape index (κ3) is 4.98. The Morgan fingerprint density at radius 2 is 1.71 bits per heavy atom. The van der Waals surface area contributed by atoms with Crippen LogP contribution in [0.1, 0.15) is 113 Å². The van der Waals surface area contributed by atoms with Crippen molar-refractivity contribution in [2.45, 2.75) is 155 Å². The van der Waals surface area contributed by atoms with E-state index in [1.54, 1.807) is 18.7 Å². The summed E-state index contributed by atoms with van der Waals surface area (Å²) in [5, 5.41) is 26.4. The number of ether oxygens (including phenoxy) is 3. The number of aliphatic hydroxyl groups excluding tert-OH is 1. The van der Waals surface area contributed by atoms with Crippen LogP contribution in [0.2, 0.25) is 0 Å². The molecular weight excluding hydrogens is 618 g/mol. The summed E-state index contributed by atoms with van der Waals surface area (Å²) in [5.41, 5.74) is -1.14. The van der Waals surface area contributed by atoms with E-state index in [9.17, 15) is 23.8 Å². The summed E-state index contributed by atoms with van der Waals surface area (Å²) in [6.07, 6.45) is 8.13. The minimum Gasteiger partial charge on any atom is -0.446 e. The first kappa shape index (κ1) is 35.3. The molecule has 2 spiro atoms. The number of carbonyl (C=O) groups is 1. The molecule has 274 valence electrons. The van der Waals surface area contributed by atoms with Crippen LogP contribution in [-0.4, -0.2) is 96.0 Å². The number of alkyl halides is 2. The molecule has 8 nitrogen and oxygen atoms in total. The van der Waals surface area contributed by atoms with Gasteiger partial charge in [-0.15, -0.1) is 0 Å². The average molecular weight is 681 g/mol. The summed E-state index contributed by atoms with van der Waals surface area (Å²) in [6, 6.07) is 0.